The number of aryl methyl sites for hydroxylation is 1. The maximum Gasteiger partial charge on any atom is 0.126 e. The van der Waals surface area contributed by atoms with E-state index in [1.165, 1.54) is 32.4 Å². The molecule has 1 aromatic rings. The average Bonchev–Trinajstić information content (AvgIpc) is 2.78. The Morgan fingerprint density at radius 1 is 1.24 bits per heavy atom. The monoisotopic (exact) mass is 291 g/mol. The lowest BCUT2D eigenvalue weighted by molar-refractivity contribution is 0.273. The van der Waals surface area contributed by atoms with Crippen LogP contribution in [0, 0.1) is 12.7 Å². The van der Waals surface area contributed by atoms with E-state index in [9.17, 15) is 4.39 Å². The lowest BCUT2D eigenvalue weighted by Gasteiger charge is -2.30. The van der Waals surface area contributed by atoms with Crippen LogP contribution in [-0.4, -0.2) is 37.1 Å². The summed E-state index contributed by atoms with van der Waals surface area (Å²) in [5.41, 5.74) is 8.86. The first kappa shape index (κ1) is 14.8. The van der Waals surface area contributed by atoms with Gasteiger partial charge in [-0.25, -0.2) is 4.39 Å². The lowest BCUT2D eigenvalue weighted by Crippen LogP contribution is -2.37. The molecule has 2 heterocycles. The molecule has 2 unspecified atom stereocenters. The standard InChI is InChI=1S/C17H26FN3/c1-12-9-17(15(13(2)19)10-16(12)18)21-8-4-7-20-6-3-5-14(20)11-21/h9-10,13-14H,3-8,11,19H2,1-2H3. The number of halogens is 1. The molecule has 2 atom stereocenters. The molecule has 3 rings (SSSR count). The normalized spacial score (nSPS) is 24.8. The number of hydrogen-bond donors (Lipinski definition) is 1. The predicted molar refractivity (Wildman–Crippen MR) is 85.2 cm³/mol. The summed E-state index contributed by atoms with van der Waals surface area (Å²) < 4.78 is 13.9. The Labute approximate surface area is 126 Å². The van der Waals surface area contributed by atoms with Crippen LogP contribution in [0.5, 0.6) is 0 Å². The van der Waals surface area contributed by atoms with Gasteiger partial charge in [-0.2, -0.15) is 0 Å². The number of benzene rings is 1. The van der Waals surface area contributed by atoms with Gasteiger partial charge in [-0.3, -0.25) is 4.90 Å². The molecular formula is C17H26FN3. The molecule has 0 saturated carbocycles. The van der Waals surface area contributed by atoms with E-state index >= 15 is 0 Å². The van der Waals surface area contributed by atoms with Crippen LogP contribution < -0.4 is 10.6 Å². The first-order valence-electron chi connectivity index (χ1n) is 8.11. The first-order chi connectivity index (χ1) is 10.1. The maximum absolute atomic E-state index is 13.9. The molecule has 0 aliphatic carbocycles. The average molecular weight is 291 g/mol. The highest BCUT2D eigenvalue weighted by Gasteiger charge is 2.29. The highest BCUT2D eigenvalue weighted by molar-refractivity contribution is 5.57. The number of hydrogen-bond acceptors (Lipinski definition) is 3. The fourth-order valence-electron chi connectivity index (χ4n) is 3.75. The summed E-state index contributed by atoms with van der Waals surface area (Å²) in [5.74, 6) is -0.150. The van der Waals surface area contributed by atoms with E-state index in [0.717, 1.165) is 24.3 Å². The second-order valence-electron chi connectivity index (χ2n) is 6.58. The minimum atomic E-state index is -0.150. The van der Waals surface area contributed by atoms with Gasteiger partial charge < -0.3 is 10.6 Å². The van der Waals surface area contributed by atoms with Crippen molar-refractivity contribution in [2.24, 2.45) is 5.73 Å². The molecule has 2 fully saturated rings. The smallest absolute Gasteiger partial charge is 0.126 e. The number of rotatable bonds is 2. The third-order valence-electron chi connectivity index (χ3n) is 4.94. The van der Waals surface area contributed by atoms with Gasteiger partial charge in [0, 0.05) is 37.4 Å². The molecule has 1 aromatic carbocycles. The SMILES string of the molecule is Cc1cc(N2CCCN3CCCC3C2)c(C(C)N)cc1F. The molecule has 2 aliphatic rings. The van der Waals surface area contributed by atoms with Crippen molar-refractivity contribution in [2.75, 3.05) is 31.1 Å². The third kappa shape index (κ3) is 2.92. The molecule has 0 amide bonds. The van der Waals surface area contributed by atoms with Crippen molar-refractivity contribution in [1.29, 1.82) is 0 Å². The van der Waals surface area contributed by atoms with E-state index < -0.39 is 0 Å². The van der Waals surface area contributed by atoms with Crippen LogP contribution in [0.25, 0.3) is 0 Å². The summed E-state index contributed by atoms with van der Waals surface area (Å²) in [7, 11) is 0. The second kappa shape index (κ2) is 5.93. The number of fused-ring (bicyclic) bond motifs is 1. The minimum Gasteiger partial charge on any atom is -0.370 e. The van der Waals surface area contributed by atoms with Gasteiger partial charge in [0.05, 0.1) is 0 Å². The van der Waals surface area contributed by atoms with E-state index in [2.05, 4.69) is 9.80 Å². The molecule has 2 N–H and O–H groups in total. The van der Waals surface area contributed by atoms with Gasteiger partial charge >= 0.3 is 0 Å². The van der Waals surface area contributed by atoms with E-state index in [0.29, 0.717) is 11.6 Å². The van der Waals surface area contributed by atoms with Crippen LogP contribution >= 0.6 is 0 Å². The molecule has 0 aromatic heterocycles. The minimum absolute atomic E-state index is 0.141. The molecule has 116 valence electrons. The molecule has 2 aliphatic heterocycles. The highest BCUT2D eigenvalue weighted by Crippen LogP contribution is 2.31. The summed E-state index contributed by atoms with van der Waals surface area (Å²) in [5, 5.41) is 0. The fraction of sp³-hybridized carbons (Fsp3) is 0.647. The molecule has 0 radical (unpaired) electrons. The Morgan fingerprint density at radius 2 is 2.00 bits per heavy atom. The van der Waals surface area contributed by atoms with E-state index in [4.69, 9.17) is 5.73 Å². The molecule has 3 nitrogen and oxygen atoms in total. The number of nitrogens with zero attached hydrogens (tertiary/aromatic N) is 2. The molecule has 4 heteroatoms. The third-order valence-corrected chi connectivity index (χ3v) is 4.94. The molecule has 2 saturated heterocycles. The predicted octanol–water partition coefficient (Wildman–Crippen LogP) is 2.83. The van der Waals surface area contributed by atoms with E-state index in [1.807, 2.05) is 19.9 Å². The molecule has 21 heavy (non-hydrogen) atoms. The lowest BCUT2D eigenvalue weighted by atomic mass is 10.0. The highest BCUT2D eigenvalue weighted by atomic mass is 19.1. The first-order valence-corrected chi connectivity index (χ1v) is 8.11. The van der Waals surface area contributed by atoms with Crippen molar-refractivity contribution in [3.63, 3.8) is 0 Å². The van der Waals surface area contributed by atoms with Gasteiger partial charge in [0.15, 0.2) is 0 Å². The van der Waals surface area contributed by atoms with Crippen molar-refractivity contribution in [3.05, 3.63) is 29.1 Å². The fourth-order valence-corrected chi connectivity index (χ4v) is 3.75. The zero-order valence-corrected chi connectivity index (χ0v) is 13.1. The molecule has 0 bridgehead atoms. The molecular weight excluding hydrogens is 265 g/mol. The Kier molecular flexibility index (Phi) is 4.18. The molecule has 0 spiro atoms. The van der Waals surface area contributed by atoms with Gasteiger partial charge in [0.2, 0.25) is 0 Å². The quantitative estimate of drug-likeness (QED) is 0.909. The Bertz CT molecular complexity index is 515. The van der Waals surface area contributed by atoms with Gasteiger partial charge in [0.1, 0.15) is 5.82 Å². The van der Waals surface area contributed by atoms with E-state index in [-0.39, 0.29) is 11.9 Å². The summed E-state index contributed by atoms with van der Waals surface area (Å²) in [6.07, 6.45) is 3.76. The van der Waals surface area contributed by atoms with Gasteiger partial charge in [-0.1, -0.05) is 0 Å². The summed E-state index contributed by atoms with van der Waals surface area (Å²) in [4.78, 5) is 5.04. The number of anilines is 1. The van der Waals surface area contributed by atoms with E-state index in [1.54, 1.807) is 6.07 Å². The summed E-state index contributed by atoms with van der Waals surface area (Å²) in [6, 6.07) is 4.13. The summed E-state index contributed by atoms with van der Waals surface area (Å²) >= 11 is 0. The van der Waals surface area contributed by atoms with Crippen LogP contribution in [0.3, 0.4) is 0 Å². The van der Waals surface area contributed by atoms with Crippen molar-refractivity contribution in [2.45, 2.75) is 45.2 Å². The van der Waals surface area contributed by atoms with Crippen LogP contribution in [0.15, 0.2) is 12.1 Å². The number of nitrogens with two attached hydrogens (primary N) is 1. The van der Waals surface area contributed by atoms with Crippen molar-refractivity contribution in [1.82, 2.24) is 4.90 Å². The zero-order valence-electron chi connectivity index (χ0n) is 13.1. The van der Waals surface area contributed by atoms with Crippen LogP contribution in [0.1, 0.15) is 43.4 Å². The van der Waals surface area contributed by atoms with Crippen molar-refractivity contribution in [3.8, 4) is 0 Å². The second-order valence-corrected chi connectivity index (χ2v) is 6.58. The largest absolute Gasteiger partial charge is 0.370 e. The summed E-state index contributed by atoms with van der Waals surface area (Å²) in [6.45, 7) is 8.29. The Balaban J connectivity index is 1.93. The van der Waals surface area contributed by atoms with Crippen molar-refractivity contribution < 1.29 is 4.39 Å². The van der Waals surface area contributed by atoms with Crippen molar-refractivity contribution >= 4 is 5.69 Å². The zero-order chi connectivity index (χ0) is 15.0. The van der Waals surface area contributed by atoms with Gasteiger partial charge in [-0.05, 0) is 62.9 Å². The van der Waals surface area contributed by atoms with Gasteiger partial charge in [-0.15, -0.1) is 0 Å². The maximum atomic E-state index is 13.9. The Hall–Kier alpha value is -1.13. The Morgan fingerprint density at radius 3 is 2.76 bits per heavy atom. The van der Waals surface area contributed by atoms with Crippen LogP contribution in [0.4, 0.5) is 10.1 Å². The topological polar surface area (TPSA) is 32.5 Å². The van der Waals surface area contributed by atoms with Crippen LogP contribution in [0.2, 0.25) is 0 Å². The van der Waals surface area contributed by atoms with Crippen LogP contribution in [-0.2, 0) is 0 Å². The van der Waals surface area contributed by atoms with Gasteiger partial charge in [0.25, 0.3) is 0 Å².